The van der Waals surface area contributed by atoms with Gasteiger partial charge >= 0.3 is 6.18 Å². The minimum Gasteiger partial charge on any atom is -0.386 e. The van der Waals surface area contributed by atoms with Crippen LogP contribution in [0.25, 0.3) is 0 Å². The van der Waals surface area contributed by atoms with Crippen molar-refractivity contribution in [1.82, 2.24) is 0 Å². The lowest BCUT2D eigenvalue weighted by molar-refractivity contribution is -0.137. The molecule has 1 N–H and O–H groups in total. The first-order valence-electron chi connectivity index (χ1n) is 6.28. The fourth-order valence-electron chi connectivity index (χ4n) is 2.48. The van der Waals surface area contributed by atoms with Crippen molar-refractivity contribution in [2.45, 2.75) is 38.7 Å². The van der Waals surface area contributed by atoms with Crippen LogP contribution >= 0.6 is 0 Å². The van der Waals surface area contributed by atoms with Crippen molar-refractivity contribution in [3.05, 3.63) is 34.9 Å². The van der Waals surface area contributed by atoms with E-state index < -0.39 is 17.8 Å². The quantitative estimate of drug-likeness (QED) is 0.894. The molecule has 0 radical (unpaired) electrons. The van der Waals surface area contributed by atoms with Gasteiger partial charge in [-0.25, -0.2) is 0 Å². The maximum atomic E-state index is 12.6. The molecule has 0 amide bonds. The van der Waals surface area contributed by atoms with Crippen LogP contribution in [0.15, 0.2) is 18.2 Å². The van der Waals surface area contributed by atoms with E-state index in [4.69, 9.17) is 4.74 Å². The number of hydrogen-bond donors (Lipinski definition) is 1. The van der Waals surface area contributed by atoms with Gasteiger partial charge < -0.3 is 9.84 Å². The molecule has 0 saturated carbocycles. The predicted molar refractivity (Wildman–Crippen MR) is 64.7 cm³/mol. The molecule has 1 fully saturated rings. The van der Waals surface area contributed by atoms with Crippen molar-refractivity contribution >= 4 is 0 Å². The molecule has 2 nitrogen and oxygen atoms in total. The van der Waals surface area contributed by atoms with E-state index in [2.05, 4.69) is 0 Å². The lowest BCUT2D eigenvalue weighted by atomic mass is 9.91. The molecule has 1 heterocycles. The highest BCUT2D eigenvalue weighted by Crippen LogP contribution is 2.35. The second kappa shape index (κ2) is 5.13. The van der Waals surface area contributed by atoms with Crippen molar-refractivity contribution in [3.63, 3.8) is 0 Å². The van der Waals surface area contributed by atoms with Crippen LogP contribution in [0.2, 0.25) is 0 Å². The summed E-state index contributed by atoms with van der Waals surface area (Å²) in [6.07, 6.45) is -4.71. The average Bonchev–Trinajstić information content (AvgIpc) is 2.73. The summed E-state index contributed by atoms with van der Waals surface area (Å²) in [6.45, 7) is 4.14. The number of rotatable bonds is 2. The molecule has 0 bridgehead atoms. The van der Waals surface area contributed by atoms with Crippen LogP contribution in [-0.4, -0.2) is 17.8 Å². The third-order valence-electron chi connectivity index (χ3n) is 3.67. The number of aliphatic hydroxyl groups is 1. The molecule has 0 aliphatic carbocycles. The summed E-state index contributed by atoms with van der Waals surface area (Å²) in [5.41, 5.74) is 0.248. The molecule has 2 rings (SSSR count). The molecular weight excluding hydrogens is 257 g/mol. The molecular formula is C14H17F3O2. The largest absolute Gasteiger partial charge is 0.416 e. The molecule has 5 heteroatoms. The minimum atomic E-state index is -4.36. The number of aryl methyl sites for hydroxylation is 1. The zero-order valence-corrected chi connectivity index (χ0v) is 10.9. The van der Waals surface area contributed by atoms with E-state index in [1.54, 1.807) is 6.92 Å². The first-order chi connectivity index (χ1) is 8.80. The van der Waals surface area contributed by atoms with Crippen molar-refractivity contribution < 1.29 is 23.0 Å². The summed E-state index contributed by atoms with van der Waals surface area (Å²) < 4.78 is 43.2. The lowest BCUT2D eigenvalue weighted by Crippen LogP contribution is -2.23. The second-order valence-electron chi connectivity index (χ2n) is 5.12. The zero-order valence-electron chi connectivity index (χ0n) is 10.9. The maximum Gasteiger partial charge on any atom is 0.416 e. The van der Waals surface area contributed by atoms with E-state index >= 15 is 0 Å². The number of aliphatic hydroxyl groups excluding tert-OH is 1. The Kier molecular flexibility index (Phi) is 3.87. The summed E-state index contributed by atoms with van der Waals surface area (Å²) in [5, 5.41) is 10.3. The molecule has 19 heavy (non-hydrogen) atoms. The van der Waals surface area contributed by atoms with E-state index in [1.165, 1.54) is 6.07 Å². The third-order valence-corrected chi connectivity index (χ3v) is 3.67. The molecule has 1 aromatic carbocycles. The van der Waals surface area contributed by atoms with Crippen molar-refractivity contribution in [3.8, 4) is 0 Å². The van der Waals surface area contributed by atoms with Gasteiger partial charge in [0.05, 0.1) is 11.7 Å². The van der Waals surface area contributed by atoms with E-state index in [0.29, 0.717) is 17.7 Å². The molecule has 1 aliphatic rings. The van der Waals surface area contributed by atoms with Gasteiger partial charge in [0.1, 0.15) is 6.10 Å². The first-order valence-corrected chi connectivity index (χ1v) is 6.28. The summed E-state index contributed by atoms with van der Waals surface area (Å²) in [4.78, 5) is 0. The summed E-state index contributed by atoms with van der Waals surface area (Å²) in [7, 11) is 0. The fraction of sp³-hybridized carbons (Fsp3) is 0.571. The Labute approximate surface area is 110 Å². The highest BCUT2D eigenvalue weighted by molar-refractivity contribution is 5.34. The number of hydrogen-bond acceptors (Lipinski definition) is 2. The van der Waals surface area contributed by atoms with Gasteiger partial charge in [-0.3, -0.25) is 0 Å². The van der Waals surface area contributed by atoms with Crippen molar-refractivity contribution in [2.75, 3.05) is 6.61 Å². The van der Waals surface area contributed by atoms with Crippen LogP contribution in [0.1, 0.15) is 36.1 Å². The molecule has 0 spiro atoms. The third kappa shape index (κ3) is 2.92. The van der Waals surface area contributed by atoms with Gasteiger partial charge in [-0.2, -0.15) is 13.2 Å². The molecule has 1 saturated heterocycles. The van der Waals surface area contributed by atoms with Crippen LogP contribution in [0.3, 0.4) is 0 Å². The topological polar surface area (TPSA) is 29.5 Å². The highest BCUT2D eigenvalue weighted by Gasteiger charge is 2.34. The smallest absolute Gasteiger partial charge is 0.386 e. The van der Waals surface area contributed by atoms with Crippen molar-refractivity contribution in [1.29, 1.82) is 0 Å². The SMILES string of the molecule is Cc1cc(C(F)(F)F)ccc1C(O)C1OCCC1C. The number of halogens is 3. The van der Waals surface area contributed by atoms with Gasteiger partial charge in [-0.05, 0) is 42.5 Å². The van der Waals surface area contributed by atoms with E-state index in [-0.39, 0.29) is 12.0 Å². The zero-order chi connectivity index (χ0) is 14.2. The molecule has 3 unspecified atom stereocenters. The van der Waals surface area contributed by atoms with Gasteiger partial charge in [0.25, 0.3) is 0 Å². The van der Waals surface area contributed by atoms with Gasteiger partial charge in [-0.1, -0.05) is 13.0 Å². The van der Waals surface area contributed by atoms with Crippen LogP contribution in [0, 0.1) is 12.8 Å². The minimum absolute atomic E-state index is 0.205. The average molecular weight is 274 g/mol. The first kappa shape index (κ1) is 14.3. The Bertz CT molecular complexity index is 456. The Morgan fingerprint density at radius 1 is 1.37 bits per heavy atom. The standard InChI is InChI=1S/C14H17F3O2/c1-8-5-6-19-13(8)12(18)11-4-3-10(7-9(11)2)14(15,16)17/h3-4,7-8,12-13,18H,5-6H2,1-2H3. The molecule has 3 atom stereocenters. The van der Waals surface area contributed by atoms with Gasteiger partial charge in [0.15, 0.2) is 0 Å². The molecule has 0 aromatic heterocycles. The Balaban J connectivity index is 2.26. The Morgan fingerprint density at radius 3 is 2.53 bits per heavy atom. The Morgan fingerprint density at radius 2 is 2.05 bits per heavy atom. The summed E-state index contributed by atoms with van der Waals surface area (Å²) >= 11 is 0. The van der Waals surface area contributed by atoms with Crippen molar-refractivity contribution in [2.24, 2.45) is 5.92 Å². The second-order valence-corrected chi connectivity index (χ2v) is 5.12. The van der Waals surface area contributed by atoms with Crippen LogP contribution in [0.5, 0.6) is 0 Å². The Hall–Kier alpha value is -1.07. The van der Waals surface area contributed by atoms with E-state index in [0.717, 1.165) is 18.6 Å². The predicted octanol–water partition coefficient (Wildman–Crippen LogP) is 3.47. The number of ether oxygens (including phenoxy) is 1. The molecule has 1 aliphatic heterocycles. The van der Waals surface area contributed by atoms with Crippen LogP contribution in [0.4, 0.5) is 13.2 Å². The van der Waals surface area contributed by atoms with Gasteiger partial charge in [0.2, 0.25) is 0 Å². The monoisotopic (exact) mass is 274 g/mol. The lowest BCUT2D eigenvalue weighted by Gasteiger charge is -2.23. The summed E-state index contributed by atoms with van der Waals surface area (Å²) in [5.74, 6) is 0.205. The van der Waals surface area contributed by atoms with E-state index in [9.17, 15) is 18.3 Å². The number of benzene rings is 1. The maximum absolute atomic E-state index is 12.6. The van der Waals surface area contributed by atoms with E-state index in [1.807, 2.05) is 6.92 Å². The van der Waals surface area contributed by atoms with Crippen LogP contribution in [-0.2, 0) is 10.9 Å². The molecule has 1 aromatic rings. The number of alkyl halides is 3. The van der Waals surface area contributed by atoms with Gasteiger partial charge in [0, 0.05) is 6.61 Å². The normalized spacial score (nSPS) is 25.6. The van der Waals surface area contributed by atoms with Gasteiger partial charge in [-0.15, -0.1) is 0 Å². The fourth-order valence-corrected chi connectivity index (χ4v) is 2.48. The molecule has 106 valence electrons. The highest BCUT2D eigenvalue weighted by atomic mass is 19.4. The summed E-state index contributed by atoms with van der Waals surface area (Å²) in [6, 6.07) is 3.42. The van der Waals surface area contributed by atoms with Crippen LogP contribution < -0.4 is 0 Å².